The second-order valence-corrected chi connectivity index (χ2v) is 6.31. The highest BCUT2D eigenvalue weighted by Crippen LogP contribution is 2.22. The largest absolute Gasteiger partial charge is 0.345 e. The Kier molecular flexibility index (Phi) is 7.64. The van der Waals surface area contributed by atoms with Crippen LogP contribution in [0.25, 0.3) is 0 Å². The van der Waals surface area contributed by atoms with Crippen LogP contribution in [0.1, 0.15) is 47.0 Å². The summed E-state index contributed by atoms with van der Waals surface area (Å²) in [6.07, 6.45) is 2.42. The van der Waals surface area contributed by atoms with Crippen molar-refractivity contribution in [3.8, 4) is 0 Å². The molecule has 2 atom stereocenters. The molecule has 2 N–H and O–H groups in total. The van der Waals surface area contributed by atoms with E-state index in [1.165, 1.54) is 0 Å². The highest BCUT2D eigenvalue weighted by molar-refractivity contribution is 5.91. The molecule has 5 heteroatoms. The lowest BCUT2D eigenvalue weighted by Gasteiger charge is -2.27. The standard InChI is InChI=1S/C15H28N2O3/c1-6-7-8-17(5)14(20)11(12(16)10-18)9-13(19)15(2,3)4/h10-12H,6-9,16H2,1-5H3. The molecule has 116 valence electrons. The Labute approximate surface area is 121 Å². The number of Topliss-reactive ketones (excluding diaryl/α,β-unsaturated/α-hetero) is 1. The van der Waals surface area contributed by atoms with Gasteiger partial charge in [0.15, 0.2) is 0 Å². The number of rotatable bonds is 8. The van der Waals surface area contributed by atoms with Gasteiger partial charge in [-0.2, -0.15) is 0 Å². The number of hydrogen-bond acceptors (Lipinski definition) is 4. The summed E-state index contributed by atoms with van der Waals surface area (Å²) in [6, 6.07) is -0.933. The zero-order valence-electron chi connectivity index (χ0n) is 13.3. The van der Waals surface area contributed by atoms with E-state index in [4.69, 9.17) is 5.73 Å². The van der Waals surface area contributed by atoms with E-state index in [0.29, 0.717) is 12.8 Å². The first kappa shape index (κ1) is 18.8. The molecule has 0 aliphatic carbocycles. The van der Waals surface area contributed by atoms with Crippen LogP contribution in [0.4, 0.5) is 0 Å². The van der Waals surface area contributed by atoms with Crippen molar-refractivity contribution in [1.82, 2.24) is 4.90 Å². The van der Waals surface area contributed by atoms with Gasteiger partial charge in [-0.1, -0.05) is 34.1 Å². The topological polar surface area (TPSA) is 80.5 Å². The molecule has 0 aromatic rings. The molecule has 0 radical (unpaired) electrons. The minimum atomic E-state index is -0.933. The van der Waals surface area contributed by atoms with Gasteiger partial charge in [0.1, 0.15) is 12.1 Å². The summed E-state index contributed by atoms with van der Waals surface area (Å²) in [7, 11) is 1.68. The molecule has 5 nitrogen and oxygen atoms in total. The van der Waals surface area contributed by atoms with Crippen molar-refractivity contribution in [2.75, 3.05) is 13.6 Å². The average Bonchev–Trinajstić information content (AvgIpc) is 2.38. The predicted octanol–water partition coefficient (Wildman–Crippen LogP) is 1.39. The van der Waals surface area contributed by atoms with Crippen LogP contribution < -0.4 is 5.73 Å². The summed E-state index contributed by atoms with van der Waals surface area (Å²) in [6.45, 7) is 8.04. The molecule has 0 heterocycles. The molecule has 20 heavy (non-hydrogen) atoms. The van der Waals surface area contributed by atoms with E-state index >= 15 is 0 Å². The number of hydrogen-bond donors (Lipinski definition) is 1. The van der Waals surface area contributed by atoms with Crippen molar-refractivity contribution in [2.24, 2.45) is 17.1 Å². The van der Waals surface area contributed by atoms with Gasteiger partial charge in [-0.05, 0) is 6.42 Å². The lowest BCUT2D eigenvalue weighted by atomic mass is 9.82. The van der Waals surface area contributed by atoms with Crippen molar-refractivity contribution in [2.45, 2.75) is 53.0 Å². The van der Waals surface area contributed by atoms with Gasteiger partial charge in [0.2, 0.25) is 5.91 Å². The first-order valence-corrected chi connectivity index (χ1v) is 7.14. The Balaban J connectivity index is 4.93. The summed E-state index contributed by atoms with van der Waals surface area (Å²) in [5, 5.41) is 0. The lowest BCUT2D eigenvalue weighted by molar-refractivity contribution is -0.140. The number of carbonyl (C=O) groups is 3. The summed E-state index contributed by atoms with van der Waals surface area (Å²) in [5.41, 5.74) is 5.17. The Morgan fingerprint density at radius 1 is 1.30 bits per heavy atom. The maximum Gasteiger partial charge on any atom is 0.227 e. The van der Waals surface area contributed by atoms with Crippen LogP contribution in [0, 0.1) is 11.3 Å². The van der Waals surface area contributed by atoms with Crippen molar-refractivity contribution in [3.05, 3.63) is 0 Å². The van der Waals surface area contributed by atoms with Crippen molar-refractivity contribution < 1.29 is 14.4 Å². The minimum absolute atomic E-state index is 0.0126. The molecule has 0 fully saturated rings. The smallest absolute Gasteiger partial charge is 0.227 e. The number of amides is 1. The lowest BCUT2D eigenvalue weighted by Crippen LogP contribution is -2.45. The summed E-state index contributed by atoms with van der Waals surface area (Å²) < 4.78 is 0. The van der Waals surface area contributed by atoms with E-state index in [0.717, 1.165) is 12.8 Å². The molecule has 0 aromatic heterocycles. The Morgan fingerprint density at radius 2 is 1.85 bits per heavy atom. The normalized spacial score (nSPS) is 14.5. The molecule has 0 spiro atoms. The predicted molar refractivity (Wildman–Crippen MR) is 79.2 cm³/mol. The Morgan fingerprint density at radius 3 is 2.25 bits per heavy atom. The Hall–Kier alpha value is -1.23. The summed E-state index contributed by atoms with van der Waals surface area (Å²) in [4.78, 5) is 36.9. The van der Waals surface area contributed by atoms with Crippen molar-refractivity contribution in [1.29, 1.82) is 0 Å². The molecule has 0 rings (SSSR count). The zero-order chi connectivity index (χ0) is 15.9. The fraction of sp³-hybridized carbons (Fsp3) is 0.800. The van der Waals surface area contributed by atoms with Crippen LogP contribution in [0.5, 0.6) is 0 Å². The van der Waals surface area contributed by atoms with E-state index in [2.05, 4.69) is 0 Å². The van der Waals surface area contributed by atoms with Gasteiger partial charge in [0.25, 0.3) is 0 Å². The zero-order valence-corrected chi connectivity index (χ0v) is 13.3. The maximum atomic E-state index is 12.3. The number of aldehydes is 1. The highest BCUT2D eigenvalue weighted by Gasteiger charge is 2.33. The molecule has 0 aliphatic heterocycles. The third-order valence-electron chi connectivity index (χ3n) is 3.40. The number of nitrogens with zero attached hydrogens (tertiary/aromatic N) is 1. The van der Waals surface area contributed by atoms with Gasteiger partial charge in [-0.3, -0.25) is 9.59 Å². The average molecular weight is 284 g/mol. The SMILES string of the molecule is CCCCN(C)C(=O)C(CC(=O)C(C)(C)C)C(N)C=O. The number of nitrogens with two attached hydrogens (primary N) is 1. The van der Waals surface area contributed by atoms with Gasteiger partial charge in [-0.25, -0.2) is 0 Å². The van der Waals surface area contributed by atoms with Gasteiger partial charge in [-0.15, -0.1) is 0 Å². The molecule has 0 saturated carbocycles. The molecule has 0 aliphatic rings. The molecular weight excluding hydrogens is 256 g/mol. The van der Waals surface area contributed by atoms with Crippen molar-refractivity contribution in [3.63, 3.8) is 0 Å². The molecule has 0 saturated heterocycles. The van der Waals surface area contributed by atoms with Crippen LogP contribution in [-0.4, -0.2) is 42.5 Å². The number of unbranched alkanes of at least 4 members (excludes halogenated alkanes) is 1. The summed E-state index contributed by atoms with van der Waals surface area (Å²) >= 11 is 0. The first-order chi connectivity index (χ1) is 9.15. The van der Waals surface area contributed by atoms with E-state index in [-0.39, 0.29) is 18.1 Å². The van der Waals surface area contributed by atoms with Gasteiger partial charge in [0, 0.05) is 25.4 Å². The van der Waals surface area contributed by atoms with Crippen molar-refractivity contribution >= 4 is 18.0 Å². The van der Waals surface area contributed by atoms with Gasteiger partial charge in [0.05, 0.1) is 12.0 Å². The maximum absolute atomic E-state index is 12.3. The molecule has 0 aromatic carbocycles. The van der Waals surface area contributed by atoms with E-state index in [9.17, 15) is 14.4 Å². The van der Waals surface area contributed by atoms with Crippen LogP contribution >= 0.6 is 0 Å². The van der Waals surface area contributed by atoms with Crippen LogP contribution in [-0.2, 0) is 14.4 Å². The number of ketones is 1. The van der Waals surface area contributed by atoms with E-state index in [1.54, 1.807) is 32.7 Å². The Bertz CT molecular complexity index is 348. The van der Waals surface area contributed by atoms with Gasteiger partial charge < -0.3 is 15.4 Å². The second kappa shape index (κ2) is 8.15. The quantitative estimate of drug-likeness (QED) is 0.683. The van der Waals surface area contributed by atoms with Crippen LogP contribution in [0.2, 0.25) is 0 Å². The minimum Gasteiger partial charge on any atom is -0.345 e. The first-order valence-electron chi connectivity index (χ1n) is 7.14. The monoisotopic (exact) mass is 284 g/mol. The molecule has 0 bridgehead atoms. The number of carbonyl (C=O) groups excluding carboxylic acids is 3. The van der Waals surface area contributed by atoms with Crippen LogP contribution in [0.3, 0.4) is 0 Å². The molecule has 2 unspecified atom stereocenters. The third kappa shape index (κ3) is 5.82. The molecule has 1 amide bonds. The summed E-state index contributed by atoms with van der Waals surface area (Å²) in [5.74, 6) is -1.05. The molecular formula is C15H28N2O3. The van der Waals surface area contributed by atoms with Crippen LogP contribution in [0.15, 0.2) is 0 Å². The van der Waals surface area contributed by atoms with E-state index < -0.39 is 17.4 Å². The highest BCUT2D eigenvalue weighted by atomic mass is 16.2. The fourth-order valence-corrected chi connectivity index (χ4v) is 1.78. The fourth-order valence-electron chi connectivity index (χ4n) is 1.78. The second-order valence-electron chi connectivity index (χ2n) is 6.31. The van der Waals surface area contributed by atoms with E-state index in [1.807, 2.05) is 6.92 Å². The van der Waals surface area contributed by atoms with Gasteiger partial charge >= 0.3 is 0 Å². The third-order valence-corrected chi connectivity index (χ3v) is 3.40.